The minimum Gasteiger partial charge on any atom is -0.493 e. The SMILES string of the molecule is C=C(N)NC=C(Cc1cc(OC)c(OC)c(OC)c1)C(=N)N. The highest BCUT2D eigenvalue weighted by atomic mass is 16.5. The van der Waals surface area contributed by atoms with Crippen molar-refractivity contribution in [3.8, 4) is 17.2 Å². The van der Waals surface area contributed by atoms with Gasteiger partial charge in [0.05, 0.1) is 27.2 Å². The van der Waals surface area contributed by atoms with E-state index in [1.807, 2.05) is 0 Å². The highest BCUT2D eigenvalue weighted by Crippen LogP contribution is 2.38. The second-order valence-corrected chi connectivity index (χ2v) is 4.46. The van der Waals surface area contributed by atoms with Gasteiger partial charge in [0.25, 0.3) is 0 Å². The summed E-state index contributed by atoms with van der Waals surface area (Å²) in [4.78, 5) is 0. The van der Waals surface area contributed by atoms with Crippen molar-refractivity contribution in [3.63, 3.8) is 0 Å². The van der Waals surface area contributed by atoms with Crippen LogP contribution in [0.1, 0.15) is 5.56 Å². The summed E-state index contributed by atoms with van der Waals surface area (Å²) in [6.07, 6.45) is 1.94. The molecule has 0 amide bonds. The number of nitrogens with one attached hydrogen (secondary N) is 2. The van der Waals surface area contributed by atoms with Crippen LogP contribution in [0.2, 0.25) is 0 Å². The number of hydrogen-bond donors (Lipinski definition) is 4. The lowest BCUT2D eigenvalue weighted by atomic mass is 10.0. The summed E-state index contributed by atoms with van der Waals surface area (Å²) in [5, 5.41) is 10.4. The van der Waals surface area contributed by atoms with Gasteiger partial charge in [-0.1, -0.05) is 6.58 Å². The van der Waals surface area contributed by atoms with Crippen LogP contribution in [-0.2, 0) is 6.42 Å². The van der Waals surface area contributed by atoms with E-state index >= 15 is 0 Å². The molecule has 120 valence electrons. The van der Waals surface area contributed by atoms with Gasteiger partial charge in [0.15, 0.2) is 11.5 Å². The monoisotopic (exact) mass is 306 g/mol. The molecule has 0 radical (unpaired) electrons. The fourth-order valence-electron chi connectivity index (χ4n) is 1.86. The van der Waals surface area contributed by atoms with Gasteiger partial charge in [0.2, 0.25) is 5.75 Å². The minimum absolute atomic E-state index is 0.0671. The van der Waals surface area contributed by atoms with E-state index in [4.69, 9.17) is 31.1 Å². The number of nitrogens with two attached hydrogens (primary N) is 2. The Morgan fingerprint density at radius 1 is 1.18 bits per heavy atom. The molecule has 0 bridgehead atoms. The van der Waals surface area contributed by atoms with Crippen LogP contribution in [0.5, 0.6) is 17.2 Å². The maximum atomic E-state index is 7.63. The Morgan fingerprint density at radius 2 is 1.73 bits per heavy atom. The molecular weight excluding hydrogens is 284 g/mol. The van der Waals surface area contributed by atoms with Crippen LogP contribution in [0, 0.1) is 5.41 Å². The summed E-state index contributed by atoms with van der Waals surface area (Å²) < 4.78 is 15.9. The lowest BCUT2D eigenvalue weighted by Crippen LogP contribution is -2.20. The van der Waals surface area contributed by atoms with Gasteiger partial charge in [-0.3, -0.25) is 5.41 Å². The number of amidine groups is 1. The lowest BCUT2D eigenvalue weighted by Gasteiger charge is -2.15. The van der Waals surface area contributed by atoms with Crippen molar-refractivity contribution in [1.82, 2.24) is 5.32 Å². The third-order valence-corrected chi connectivity index (χ3v) is 2.90. The topological polar surface area (TPSA) is 116 Å². The maximum Gasteiger partial charge on any atom is 0.203 e. The predicted molar refractivity (Wildman–Crippen MR) is 86.3 cm³/mol. The van der Waals surface area contributed by atoms with Crippen molar-refractivity contribution in [2.75, 3.05) is 21.3 Å². The fourth-order valence-corrected chi connectivity index (χ4v) is 1.86. The summed E-state index contributed by atoms with van der Waals surface area (Å²) in [6, 6.07) is 3.60. The van der Waals surface area contributed by atoms with Gasteiger partial charge in [-0.25, -0.2) is 0 Å². The van der Waals surface area contributed by atoms with Crippen molar-refractivity contribution in [2.24, 2.45) is 11.5 Å². The highest BCUT2D eigenvalue weighted by Gasteiger charge is 2.14. The van der Waals surface area contributed by atoms with Gasteiger partial charge < -0.3 is 31.0 Å². The molecule has 0 atom stereocenters. The highest BCUT2D eigenvalue weighted by molar-refractivity contribution is 5.94. The zero-order valence-corrected chi connectivity index (χ0v) is 13.0. The molecule has 0 aliphatic rings. The molecule has 0 saturated carbocycles. The number of benzene rings is 1. The molecule has 0 fully saturated rings. The molecule has 7 heteroatoms. The fraction of sp³-hybridized carbons (Fsp3) is 0.267. The second-order valence-electron chi connectivity index (χ2n) is 4.46. The molecule has 0 aliphatic heterocycles. The zero-order chi connectivity index (χ0) is 16.7. The van der Waals surface area contributed by atoms with Crippen LogP contribution in [0.4, 0.5) is 0 Å². The van der Waals surface area contributed by atoms with Crippen molar-refractivity contribution < 1.29 is 14.2 Å². The van der Waals surface area contributed by atoms with Gasteiger partial charge >= 0.3 is 0 Å². The molecule has 0 spiro atoms. The molecular formula is C15H22N4O3. The normalized spacial score (nSPS) is 10.8. The van der Waals surface area contributed by atoms with Crippen LogP contribution in [0.15, 0.2) is 36.3 Å². The first kappa shape index (κ1) is 17.2. The second kappa shape index (κ2) is 7.82. The molecule has 1 rings (SSSR count). The van der Waals surface area contributed by atoms with E-state index in [0.717, 1.165) is 5.56 Å². The van der Waals surface area contributed by atoms with Crippen LogP contribution in [0.25, 0.3) is 0 Å². The summed E-state index contributed by atoms with van der Waals surface area (Å²) in [5.74, 6) is 1.79. The van der Waals surface area contributed by atoms with Crippen LogP contribution in [0.3, 0.4) is 0 Å². The molecule has 0 heterocycles. The van der Waals surface area contributed by atoms with Crippen molar-refractivity contribution in [3.05, 3.63) is 41.9 Å². The number of rotatable bonds is 8. The summed E-state index contributed by atoms with van der Waals surface area (Å²) in [6.45, 7) is 3.53. The molecule has 6 N–H and O–H groups in total. The number of ether oxygens (including phenoxy) is 3. The maximum absolute atomic E-state index is 7.63. The van der Waals surface area contributed by atoms with Crippen molar-refractivity contribution in [1.29, 1.82) is 5.41 Å². The Labute approximate surface area is 130 Å². The summed E-state index contributed by atoms with van der Waals surface area (Å²) in [5.41, 5.74) is 12.4. The lowest BCUT2D eigenvalue weighted by molar-refractivity contribution is 0.324. The van der Waals surface area contributed by atoms with E-state index in [1.165, 1.54) is 7.11 Å². The molecule has 1 aromatic carbocycles. The molecule has 0 aliphatic carbocycles. The number of methoxy groups -OCH3 is 3. The average molecular weight is 306 g/mol. The molecule has 22 heavy (non-hydrogen) atoms. The van der Waals surface area contributed by atoms with Gasteiger partial charge in [-0.05, 0) is 17.7 Å². The van der Waals surface area contributed by atoms with Gasteiger partial charge in [0.1, 0.15) is 5.84 Å². The Kier molecular flexibility index (Phi) is 6.12. The minimum atomic E-state index is -0.0671. The summed E-state index contributed by atoms with van der Waals surface area (Å²) in [7, 11) is 4.63. The van der Waals surface area contributed by atoms with Crippen LogP contribution < -0.4 is 31.0 Å². The van der Waals surface area contributed by atoms with Crippen LogP contribution in [-0.4, -0.2) is 27.2 Å². The molecule has 7 nitrogen and oxygen atoms in total. The van der Waals surface area contributed by atoms with E-state index in [0.29, 0.717) is 29.2 Å². The standard InChI is InChI=1S/C15H22N4O3/c1-9(16)19-8-11(15(17)18)5-10-6-12(20-2)14(22-4)13(7-10)21-3/h6-8,19H,1,5,16H2,2-4H3,(H3,17,18). The van der Waals surface area contributed by atoms with E-state index < -0.39 is 0 Å². The first-order valence-electron chi connectivity index (χ1n) is 6.46. The van der Waals surface area contributed by atoms with Gasteiger partial charge in [0, 0.05) is 18.2 Å². The largest absolute Gasteiger partial charge is 0.493 e. The molecule has 1 aromatic rings. The van der Waals surface area contributed by atoms with Crippen molar-refractivity contribution >= 4 is 5.84 Å². The summed E-state index contributed by atoms with van der Waals surface area (Å²) >= 11 is 0. The molecule has 0 unspecified atom stereocenters. The Hall–Kier alpha value is -2.83. The zero-order valence-electron chi connectivity index (χ0n) is 13.0. The van der Waals surface area contributed by atoms with E-state index in [2.05, 4.69) is 11.9 Å². The molecule has 0 saturated heterocycles. The van der Waals surface area contributed by atoms with E-state index in [9.17, 15) is 0 Å². The third-order valence-electron chi connectivity index (χ3n) is 2.90. The first-order chi connectivity index (χ1) is 10.4. The average Bonchev–Trinajstić information content (AvgIpc) is 2.49. The number of hydrogen-bond acceptors (Lipinski definition) is 6. The molecule has 0 aromatic heterocycles. The first-order valence-corrected chi connectivity index (χ1v) is 6.46. The Bertz CT molecular complexity index is 571. The van der Waals surface area contributed by atoms with Gasteiger partial charge in [-0.15, -0.1) is 0 Å². The quantitative estimate of drug-likeness (QED) is 0.422. The Balaban J connectivity index is 3.17. The predicted octanol–water partition coefficient (Wildman–Crippen LogP) is 1.09. The third kappa shape index (κ3) is 4.34. The van der Waals surface area contributed by atoms with E-state index in [-0.39, 0.29) is 11.7 Å². The van der Waals surface area contributed by atoms with Crippen LogP contribution >= 0.6 is 0 Å². The van der Waals surface area contributed by atoms with Gasteiger partial charge in [-0.2, -0.15) is 0 Å². The Morgan fingerprint density at radius 3 is 2.09 bits per heavy atom. The smallest absolute Gasteiger partial charge is 0.203 e. The van der Waals surface area contributed by atoms with Crippen molar-refractivity contribution in [2.45, 2.75) is 6.42 Å². The van der Waals surface area contributed by atoms with E-state index in [1.54, 1.807) is 32.6 Å².